The highest BCUT2D eigenvalue weighted by Gasteiger charge is 2.31. The molecule has 4 heteroatoms. The van der Waals surface area contributed by atoms with Crippen LogP contribution >= 0.6 is 0 Å². The highest BCUT2D eigenvalue weighted by atomic mass is 19.1. The van der Waals surface area contributed by atoms with Crippen molar-refractivity contribution in [3.05, 3.63) is 59.9 Å². The van der Waals surface area contributed by atoms with Gasteiger partial charge in [-0.15, -0.1) is 0 Å². The Labute approximate surface area is 99.0 Å². The molecule has 0 bridgehead atoms. The van der Waals surface area contributed by atoms with Gasteiger partial charge in [0.15, 0.2) is 0 Å². The molecule has 0 spiro atoms. The standard InChI is InChI=1S/C13H13FN2O/c1-2-13(17,12-9-15-6-7-16-12)10-4-3-5-11(14)8-10/h3-9,17H,2H2,1H3. The van der Waals surface area contributed by atoms with Gasteiger partial charge in [0.25, 0.3) is 0 Å². The van der Waals surface area contributed by atoms with E-state index in [9.17, 15) is 9.50 Å². The van der Waals surface area contributed by atoms with Crippen LogP contribution in [-0.2, 0) is 5.60 Å². The highest BCUT2D eigenvalue weighted by molar-refractivity contribution is 5.31. The predicted octanol–water partition coefficient (Wildman–Crippen LogP) is 2.26. The smallest absolute Gasteiger partial charge is 0.133 e. The summed E-state index contributed by atoms with van der Waals surface area (Å²) in [6.45, 7) is 1.82. The number of aromatic nitrogens is 2. The Morgan fingerprint density at radius 3 is 2.76 bits per heavy atom. The van der Waals surface area contributed by atoms with Crippen LogP contribution in [0.25, 0.3) is 0 Å². The number of aliphatic hydroxyl groups is 1. The molecule has 0 aliphatic carbocycles. The van der Waals surface area contributed by atoms with Gasteiger partial charge < -0.3 is 5.11 Å². The summed E-state index contributed by atoms with van der Waals surface area (Å²) in [5, 5.41) is 10.6. The van der Waals surface area contributed by atoms with Crippen LogP contribution in [0.4, 0.5) is 4.39 Å². The Bertz CT molecular complexity index is 504. The monoisotopic (exact) mass is 232 g/mol. The molecule has 1 unspecified atom stereocenters. The lowest BCUT2D eigenvalue weighted by atomic mass is 9.88. The first-order chi connectivity index (χ1) is 8.16. The second-order valence-corrected chi connectivity index (χ2v) is 3.81. The van der Waals surface area contributed by atoms with Gasteiger partial charge in [0, 0.05) is 12.4 Å². The molecule has 88 valence electrons. The van der Waals surface area contributed by atoms with Crippen molar-refractivity contribution < 1.29 is 9.50 Å². The highest BCUT2D eigenvalue weighted by Crippen LogP contribution is 2.31. The molecule has 2 rings (SSSR count). The number of halogens is 1. The Morgan fingerprint density at radius 2 is 2.18 bits per heavy atom. The molecule has 1 atom stereocenters. The van der Waals surface area contributed by atoms with E-state index in [-0.39, 0.29) is 5.82 Å². The zero-order valence-corrected chi connectivity index (χ0v) is 9.47. The molecular weight excluding hydrogens is 219 g/mol. The van der Waals surface area contributed by atoms with Crippen molar-refractivity contribution >= 4 is 0 Å². The molecule has 0 saturated carbocycles. The lowest BCUT2D eigenvalue weighted by molar-refractivity contribution is 0.0711. The number of hydrogen-bond donors (Lipinski definition) is 1. The van der Waals surface area contributed by atoms with E-state index >= 15 is 0 Å². The minimum Gasteiger partial charge on any atom is -0.379 e. The van der Waals surface area contributed by atoms with Crippen LogP contribution < -0.4 is 0 Å². The Kier molecular flexibility index (Phi) is 3.15. The van der Waals surface area contributed by atoms with Gasteiger partial charge in [-0.3, -0.25) is 9.97 Å². The molecule has 0 saturated heterocycles. The first-order valence-electron chi connectivity index (χ1n) is 5.41. The fourth-order valence-corrected chi connectivity index (χ4v) is 1.79. The zero-order valence-electron chi connectivity index (χ0n) is 9.47. The van der Waals surface area contributed by atoms with Crippen LogP contribution in [0, 0.1) is 5.82 Å². The van der Waals surface area contributed by atoms with Crippen molar-refractivity contribution in [3.63, 3.8) is 0 Å². The quantitative estimate of drug-likeness (QED) is 0.882. The predicted molar refractivity (Wildman–Crippen MR) is 61.7 cm³/mol. The Morgan fingerprint density at radius 1 is 1.35 bits per heavy atom. The van der Waals surface area contributed by atoms with E-state index in [0.717, 1.165) is 0 Å². The van der Waals surface area contributed by atoms with Crippen molar-refractivity contribution in [1.29, 1.82) is 0 Å². The van der Waals surface area contributed by atoms with Crippen molar-refractivity contribution in [1.82, 2.24) is 9.97 Å². The van der Waals surface area contributed by atoms with Gasteiger partial charge in [-0.25, -0.2) is 4.39 Å². The van der Waals surface area contributed by atoms with Gasteiger partial charge >= 0.3 is 0 Å². The maximum Gasteiger partial charge on any atom is 0.133 e. The van der Waals surface area contributed by atoms with Gasteiger partial charge in [-0.1, -0.05) is 19.1 Å². The number of rotatable bonds is 3. The van der Waals surface area contributed by atoms with Crippen molar-refractivity contribution in [2.75, 3.05) is 0 Å². The van der Waals surface area contributed by atoms with Crippen molar-refractivity contribution in [3.8, 4) is 0 Å². The minimum atomic E-state index is -1.30. The normalized spacial score (nSPS) is 14.3. The summed E-state index contributed by atoms with van der Waals surface area (Å²) in [5.74, 6) is -0.377. The molecule has 1 aromatic heterocycles. The van der Waals surface area contributed by atoms with Crippen LogP contribution in [0.15, 0.2) is 42.9 Å². The molecule has 0 radical (unpaired) electrons. The second-order valence-electron chi connectivity index (χ2n) is 3.81. The third kappa shape index (κ3) is 2.17. The van der Waals surface area contributed by atoms with Gasteiger partial charge in [-0.2, -0.15) is 0 Å². The van der Waals surface area contributed by atoms with Crippen LogP contribution in [0.3, 0.4) is 0 Å². The zero-order chi connectivity index (χ0) is 12.3. The maximum atomic E-state index is 13.2. The SMILES string of the molecule is CCC(O)(c1cccc(F)c1)c1cnccn1. The van der Waals surface area contributed by atoms with E-state index in [4.69, 9.17) is 0 Å². The summed E-state index contributed by atoms with van der Waals surface area (Å²) in [4.78, 5) is 8.02. The summed E-state index contributed by atoms with van der Waals surface area (Å²) in [6, 6.07) is 5.91. The summed E-state index contributed by atoms with van der Waals surface area (Å²) >= 11 is 0. The average molecular weight is 232 g/mol. The molecule has 0 fully saturated rings. The summed E-state index contributed by atoms with van der Waals surface area (Å²) < 4.78 is 13.2. The molecule has 1 heterocycles. The van der Waals surface area contributed by atoms with Gasteiger partial charge in [-0.05, 0) is 24.1 Å². The van der Waals surface area contributed by atoms with Gasteiger partial charge in [0.05, 0.1) is 11.9 Å². The fourth-order valence-electron chi connectivity index (χ4n) is 1.79. The summed E-state index contributed by atoms with van der Waals surface area (Å²) in [6.07, 6.45) is 4.93. The number of hydrogen-bond acceptors (Lipinski definition) is 3. The molecule has 0 aliphatic heterocycles. The van der Waals surface area contributed by atoms with E-state index < -0.39 is 5.60 Å². The first kappa shape index (κ1) is 11.7. The molecule has 2 aromatic rings. The van der Waals surface area contributed by atoms with Crippen LogP contribution in [0.2, 0.25) is 0 Å². The fraction of sp³-hybridized carbons (Fsp3) is 0.231. The Balaban J connectivity index is 2.52. The van der Waals surface area contributed by atoms with Crippen molar-refractivity contribution in [2.24, 2.45) is 0 Å². The molecule has 3 nitrogen and oxygen atoms in total. The molecule has 0 amide bonds. The minimum absolute atomic E-state index is 0.377. The van der Waals surface area contributed by atoms with Gasteiger partial charge in [0.1, 0.15) is 11.4 Å². The van der Waals surface area contributed by atoms with E-state index in [1.807, 2.05) is 6.92 Å². The second kappa shape index (κ2) is 4.59. The third-order valence-electron chi connectivity index (χ3n) is 2.80. The van der Waals surface area contributed by atoms with E-state index in [2.05, 4.69) is 9.97 Å². The van der Waals surface area contributed by atoms with E-state index in [1.165, 1.54) is 30.7 Å². The van der Waals surface area contributed by atoms with Crippen LogP contribution in [0.5, 0.6) is 0 Å². The molecule has 0 aliphatic rings. The van der Waals surface area contributed by atoms with Crippen LogP contribution in [-0.4, -0.2) is 15.1 Å². The lowest BCUT2D eigenvalue weighted by Gasteiger charge is -2.26. The molecular formula is C13H13FN2O. The van der Waals surface area contributed by atoms with Gasteiger partial charge in [0.2, 0.25) is 0 Å². The topological polar surface area (TPSA) is 46.0 Å². The lowest BCUT2D eigenvalue weighted by Crippen LogP contribution is -2.27. The molecule has 1 N–H and O–H groups in total. The first-order valence-corrected chi connectivity index (χ1v) is 5.41. The number of benzene rings is 1. The van der Waals surface area contributed by atoms with Crippen molar-refractivity contribution in [2.45, 2.75) is 18.9 Å². The van der Waals surface area contributed by atoms with E-state index in [1.54, 1.807) is 12.1 Å². The van der Waals surface area contributed by atoms with Crippen LogP contribution in [0.1, 0.15) is 24.6 Å². The summed E-state index contributed by atoms with van der Waals surface area (Å²) in [7, 11) is 0. The third-order valence-corrected chi connectivity index (χ3v) is 2.80. The molecule has 17 heavy (non-hydrogen) atoms. The van der Waals surface area contributed by atoms with E-state index in [0.29, 0.717) is 17.7 Å². The molecule has 1 aromatic carbocycles. The summed E-state index contributed by atoms with van der Waals surface area (Å²) in [5.41, 5.74) is -0.385. The largest absolute Gasteiger partial charge is 0.379 e. The maximum absolute atomic E-state index is 13.2. The average Bonchev–Trinajstić information content (AvgIpc) is 2.39. The Hall–Kier alpha value is -1.81. The number of nitrogens with zero attached hydrogens (tertiary/aromatic N) is 2.